The summed E-state index contributed by atoms with van der Waals surface area (Å²) in [5.41, 5.74) is 21.3. The van der Waals surface area contributed by atoms with Crippen LogP contribution in [0.4, 0.5) is 34.1 Å². The second kappa shape index (κ2) is 17.4. The highest BCUT2D eigenvalue weighted by atomic mass is 15.2. The summed E-state index contributed by atoms with van der Waals surface area (Å²) in [6.45, 7) is 0. The lowest BCUT2D eigenvalue weighted by atomic mass is 9.68. The molecule has 0 aliphatic heterocycles. The molecular formula is C74H50N2. The summed E-state index contributed by atoms with van der Waals surface area (Å²) in [5.74, 6) is 0. The molecule has 12 aromatic carbocycles. The maximum atomic E-state index is 9.33. The monoisotopic (exact) mass is 971 g/mol. The Morgan fingerprint density at radius 3 is 1.29 bits per heavy atom. The molecule has 1 atom stereocenters. The fourth-order valence-corrected chi connectivity index (χ4v) is 13.3. The number of rotatable bonds is 9. The van der Waals surface area contributed by atoms with E-state index in [-0.39, 0.29) is 29.9 Å². The van der Waals surface area contributed by atoms with Gasteiger partial charge in [0.25, 0.3) is 0 Å². The van der Waals surface area contributed by atoms with Crippen molar-refractivity contribution in [1.82, 2.24) is 0 Å². The summed E-state index contributed by atoms with van der Waals surface area (Å²) in [5, 5.41) is 0. The molecule has 0 saturated heterocycles. The lowest BCUT2D eigenvalue weighted by Crippen LogP contribution is -2.28. The Hall–Kier alpha value is -9.76. The lowest BCUT2D eigenvalue weighted by molar-refractivity contribution is 0.768. The number of hydrogen-bond acceptors (Lipinski definition) is 2. The SMILES string of the molecule is [2H]c1c([2H])c([2H])c(N(c2ccccc2)c2ccc3c(c2)C2(c4ccccc4-c4ccc(N(c5ccccc5-c5ccccc5)c5cccc6c5-c5ccccc5C6(c5ccccc5)c5ccccc5)cc42)c2ccccc2-3)c([2H])c1[2H]. The Bertz CT molecular complexity index is 4410. The molecule has 0 N–H and O–H groups in total. The Balaban J connectivity index is 1.03. The molecule has 1 unspecified atom stereocenters. The Labute approximate surface area is 451 Å². The van der Waals surface area contributed by atoms with E-state index in [4.69, 9.17) is 4.11 Å². The number of hydrogen-bond donors (Lipinski definition) is 0. The third kappa shape index (κ3) is 6.28. The second-order valence-electron chi connectivity index (χ2n) is 19.9. The average Bonchev–Trinajstić information content (AvgIpc) is 2.18. The molecule has 0 heterocycles. The maximum absolute atomic E-state index is 9.33. The highest BCUT2D eigenvalue weighted by Gasteiger charge is 2.53. The minimum absolute atomic E-state index is 0.0828. The topological polar surface area (TPSA) is 6.48 Å². The van der Waals surface area contributed by atoms with E-state index >= 15 is 0 Å². The first-order valence-corrected chi connectivity index (χ1v) is 26.0. The highest BCUT2D eigenvalue weighted by Crippen LogP contribution is 2.65. The van der Waals surface area contributed by atoms with Gasteiger partial charge in [-0.3, -0.25) is 0 Å². The Morgan fingerprint density at radius 2 is 0.697 bits per heavy atom. The van der Waals surface area contributed by atoms with Gasteiger partial charge in [-0.1, -0.05) is 243 Å². The van der Waals surface area contributed by atoms with Gasteiger partial charge in [0.2, 0.25) is 0 Å². The molecule has 0 aromatic heterocycles. The van der Waals surface area contributed by atoms with Crippen molar-refractivity contribution in [2.75, 3.05) is 9.80 Å². The first-order chi connectivity index (χ1) is 39.8. The zero-order valence-corrected chi connectivity index (χ0v) is 41.4. The van der Waals surface area contributed by atoms with E-state index in [1.807, 2.05) is 41.3 Å². The number of para-hydroxylation sites is 3. The van der Waals surface area contributed by atoms with E-state index in [2.05, 4.69) is 241 Å². The van der Waals surface area contributed by atoms with Crippen LogP contribution in [0.15, 0.2) is 303 Å². The largest absolute Gasteiger partial charge is 0.310 e. The van der Waals surface area contributed by atoms with Crippen LogP contribution in [0.2, 0.25) is 0 Å². The van der Waals surface area contributed by atoms with Crippen LogP contribution in [-0.4, -0.2) is 0 Å². The molecule has 0 saturated carbocycles. The van der Waals surface area contributed by atoms with E-state index in [0.29, 0.717) is 11.4 Å². The molecule has 0 amide bonds. The third-order valence-corrected chi connectivity index (χ3v) is 16.2. The van der Waals surface area contributed by atoms with Crippen molar-refractivity contribution in [1.29, 1.82) is 0 Å². The van der Waals surface area contributed by atoms with Crippen molar-refractivity contribution in [2.45, 2.75) is 10.8 Å². The van der Waals surface area contributed by atoms with Crippen LogP contribution in [0.3, 0.4) is 0 Å². The fourth-order valence-electron chi connectivity index (χ4n) is 13.3. The molecule has 15 rings (SSSR count). The predicted octanol–water partition coefficient (Wildman–Crippen LogP) is 19.0. The first-order valence-electron chi connectivity index (χ1n) is 28.5. The summed E-state index contributed by atoms with van der Waals surface area (Å²) in [6.07, 6.45) is 0. The average molecular weight is 972 g/mol. The molecule has 12 aromatic rings. The van der Waals surface area contributed by atoms with Crippen molar-refractivity contribution in [3.8, 4) is 44.5 Å². The minimum atomic E-state index is -0.850. The number of nitrogens with zero attached hydrogens (tertiary/aromatic N) is 2. The summed E-state index contributed by atoms with van der Waals surface area (Å²) < 4.78 is 44.9. The molecule has 356 valence electrons. The van der Waals surface area contributed by atoms with Gasteiger partial charge in [-0.15, -0.1) is 0 Å². The van der Waals surface area contributed by atoms with Crippen LogP contribution in [0.5, 0.6) is 0 Å². The molecule has 0 bridgehead atoms. The molecule has 2 nitrogen and oxygen atoms in total. The van der Waals surface area contributed by atoms with Gasteiger partial charge >= 0.3 is 0 Å². The molecule has 2 heteroatoms. The summed E-state index contributed by atoms with van der Waals surface area (Å²) in [7, 11) is 0. The van der Waals surface area contributed by atoms with Gasteiger partial charge in [0.1, 0.15) is 0 Å². The molecule has 3 aliphatic carbocycles. The van der Waals surface area contributed by atoms with Gasteiger partial charge in [0.05, 0.1) is 29.1 Å². The maximum Gasteiger partial charge on any atom is 0.0727 e. The van der Waals surface area contributed by atoms with Crippen molar-refractivity contribution < 1.29 is 6.85 Å². The number of anilines is 6. The predicted molar refractivity (Wildman–Crippen MR) is 315 cm³/mol. The smallest absolute Gasteiger partial charge is 0.0727 e. The second-order valence-corrected chi connectivity index (χ2v) is 19.9. The van der Waals surface area contributed by atoms with E-state index in [9.17, 15) is 2.74 Å². The van der Waals surface area contributed by atoms with Crippen LogP contribution >= 0.6 is 0 Å². The standard InChI is InChI=1S/C74H50N2/c1-6-25-51(26-7-1)58-35-19-23-43-70(58)76(71-44-24-42-67-72(71)63-38-18-22-41-66(63)73(67,52-27-8-2-9-28-52)53-29-10-3-11-30-53)57-46-48-62-60-37-17-21-40-65(60)74(69(62)50-57)64-39-20-16-36-59(64)61-47-45-56(49-68(61)74)75(54-31-12-4-13-32-54)55-33-14-5-15-34-55/h1-50H/i4D,12D,13D,31D,32D. The lowest BCUT2D eigenvalue weighted by Gasteiger charge is -2.35. The van der Waals surface area contributed by atoms with Crippen molar-refractivity contribution in [3.05, 3.63) is 348 Å². The summed E-state index contributed by atoms with van der Waals surface area (Å²) in [4.78, 5) is 4.32. The molecule has 76 heavy (non-hydrogen) atoms. The van der Waals surface area contributed by atoms with Crippen LogP contribution in [0.25, 0.3) is 44.5 Å². The Kier molecular flexibility index (Phi) is 8.91. The zero-order chi connectivity index (χ0) is 54.6. The van der Waals surface area contributed by atoms with Gasteiger partial charge in [0.15, 0.2) is 0 Å². The van der Waals surface area contributed by atoms with Crippen molar-refractivity contribution in [3.63, 3.8) is 0 Å². The normalized spacial score (nSPS) is 15.7. The quantitative estimate of drug-likeness (QED) is 0.142. The van der Waals surface area contributed by atoms with Crippen LogP contribution in [-0.2, 0) is 10.8 Å². The molecular weight excluding hydrogens is 917 g/mol. The van der Waals surface area contributed by atoms with Gasteiger partial charge < -0.3 is 9.80 Å². The van der Waals surface area contributed by atoms with Crippen molar-refractivity contribution in [2.24, 2.45) is 0 Å². The van der Waals surface area contributed by atoms with Crippen LogP contribution in [0, 0.1) is 0 Å². The zero-order valence-electron chi connectivity index (χ0n) is 46.4. The molecule has 3 aliphatic rings. The van der Waals surface area contributed by atoms with E-state index in [1.165, 1.54) is 27.8 Å². The highest BCUT2D eigenvalue weighted by molar-refractivity contribution is 6.02. The molecule has 1 spiro atoms. The third-order valence-electron chi connectivity index (χ3n) is 16.2. The number of benzene rings is 12. The van der Waals surface area contributed by atoms with E-state index < -0.39 is 16.9 Å². The fraction of sp³-hybridized carbons (Fsp3) is 0.0270. The van der Waals surface area contributed by atoms with E-state index in [1.54, 1.807) is 0 Å². The minimum Gasteiger partial charge on any atom is -0.310 e. The molecule has 0 fully saturated rings. The Morgan fingerprint density at radius 1 is 0.263 bits per heavy atom. The van der Waals surface area contributed by atoms with Crippen LogP contribution < -0.4 is 9.80 Å². The van der Waals surface area contributed by atoms with Gasteiger partial charge in [0, 0.05) is 33.9 Å². The van der Waals surface area contributed by atoms with Gasteiger partial charge in [-0.2, -0.15) is 0 Å². The first kappa shape index (κ1) is 38.8. The summed E-state index contributed by atoms with van der Waals surface area (Å²) >= 11 is 0. The van der Waals surface area contributed by atoms with Crippen molar-refractivity contribution >= 4 is 34.1 Å². The van der Waals surface area contributed by atoms with E-state index in [0.717, 1.165) is 78.3 Å². The summed E-state index contributed by atoms with van der Waals surface area (Å²) in [6, 6.07) is 96.0. The van der Waals surface area contributed by atoms with Crippen LogP contribution in [0.1, 0.15) is 51.4 Å². The molecule has 0 radical (unpaired) electrons. The number of fused-ring (bicyclic) bond motifs is 13. The van der Waals surface area contributed by atoms with Gasteiger partial charge in [-0.05, 0) is 139 Å². The van der Waals surface area contributed by atoms with Gasteiger partial charge in [-0.25, -0.2) is 0 Å².